The molecule has 4 aromatic rings. The number of anilines is 2. The Bertz CT molecular complexity index is 1120. The van der Waals surface area contributed by atoms with Crippen LogP contribution in [0, 0.1) is 5.82 Å². The standard InChI is InChI=1S/C19H12ClFN4O/c20-11-1-4-16(21)15(7-11)19-8-12(10-23-25-19)24-17-5-6-22-18-9-13(26)2-3-14(17)18/h1-10,26H,(H,22,24,25). The van der Waals surface area contributed by atoms with E-state index >= 15 is 0 Å². The molecule has 0 aliphatic heterocycles. The van der Waals surface area contributed by atoms with Crippen molar-refractivity contribution in [1.82, 2.24) is 15.2 Å². The Kier molecular flexibility index (Phi) is 4.10. The summed E-state index contributed by atoms with van der Waals surface area (Å²) in [6.07, 6.45) is 3.18. The largest absolute Gasteiger partial charge is 0.508 e. The average molecular weight is 367 g/mol. The average Bonchev–Trinajstić information content (AvgIpc) is 2.64. The number of benzene rings is 2. The van der Waals surface area contributed by atoms with Gasteiger partial charge < -0.3 is 10.4 Å². The molecule has 0 aliphatic carbocycles. The number of phenolic OH excluding ortho intramolecular Hbond substituents is 1. The molecule has 0 unspecified atom stereocenters. The van der Waals surface area contributed by atoms with Crippen molar-refractivity contribution >= 4 is 33.9 Å². The highest BCUT2D eigenvalue weighted by atomic mass is 35.5. The van der Waals surface area contributed by atoms with Crippen molar-refractivity contribution in [3.05, 3.63) is 71.8 Å². The number of aromatic hydroxyl groups is 1. The van der Waals surface area contributed by atoms with E-state index < -0.39 is 5.82 Å². The van der Waals surface area contributed by atoms with Crippen LogP contribution in [0.15, 0.2) is 60.9 Å². The second-order valence-electron chi connectivity index (χ2n) is 5.64. The van der Waals surface area contributed by atoms with Crippen LogP contribution in [-0.2, 0) is 0 Å². The fourth-order valence-electron chi connectivity index (χ4n) is 2.66. The van der Waals surface area contributed by atoms with Crippen LogP contribution in [-0.4, -0.2) is 20.3 Å². The van der Waals surface area contributed by atoms with E-state index in [2.05, 4.69) is 20.5 Å². The van der Waals surface area contributed by atoms with Gasteiger partial charge in [0.05, 0.1) is 23.1 Å². The molecule has 0 fully saturated rings. The van der Waals surface area contributed by atoms with Gasteiger partial charge in [-0.05, 0) is 42.5 Å². The third-order valence-corrected chi connectivity index (χ3v) is 4.10. The first-order chi connectivity index (χ1) is 12.6. The van der Waals surface area contributed by atoms with Crippen LogP contribution in [0.5, 0.6) is 5.75 Å². The number of nitrogens with one attached hydrogen (secondary N) is 1. The molecule has 0 spiro atoms. The number of fused-ring (bicyclic) bond motifs is 1. The second kappa shape index (κ2) is 6.57. The van der Waals surface area contributed by atoms with Gasteiger partial charge in [0.25, 0.3) is 0 Å². The van der Waals surface area contributed by atoms with Gasteiger partial charge in [-0.1, -0.05) is 11.6 Å². The van der Waals surface area contributed by atoms with Crippen LogP contribution in [0.25, 0.3) is 22.2 Å². The lowest BCUT2D eigenvalue weighted by molar-refractivity contribution is 0.476. The molecule has 7 heteroatoms. The van der Waals surface area contributed by atoms with E-state index in [-0.39, 0.29) is 11.3 Å². The second-order valence-corrected chi connectivity index (χ2v) is 6.08. The highest BCUT2D eigenvalue weighted by Gasteiger charge is 2.10. The first-order valence-electron chi connectivity index (χ1n) is 7.73. The smallest absolute Gasteiger partial charge is 0.132 e. The van der Waals surface area contributed by atoms with Crippen LogP contribution in [0.2, 0.25) is 5.02 Å². The molecule has 128 valence electrons. The first kappa shape index (κ1) is 16.2. The predicted molar refractivity (Wildman–Crippen MR) is 99.1 cm³/mol. The fourth-order valence-corrected chi connectivity index (χ4v) is 2.83. The molecule has 5 nitrogen and oxygen atoms in total. The van der Waals surface area contributed by atoms with Gasteiger partial charge in [0.15, 0.2) is 0 Å². The SMILES string of the molecule is Oc1ccc2c(Nc3cnnc(-c4cc(Cl)ccc4F)c3)ccnc2c1. The van der Waals surface area contributed by atoms with Crippen LogP contribution in [0.1, 0.15) is 0 Å². The van der Waals surface area contributed by atoms with Gasteiger partial charge in [-0.15, -0.1) is 0 Å². The van der Waals surface area contributed by atoms with Gasteiger partial charge in [-0.25, -0.2) is 4.39 Å². The highest BCUT2D eigenvalue weighted by Crippen LogP contribution is 2.29. The minimum absolute atomic E-state index is 0.145. The summed E-state index contributed by atoms with van der Waals surface area (Å²) in [5.74, 6) is -0.280. The Morgan fingerprint density at radius 3 is 2.81 bits per heavy atom. The van der Waals surface area contributed by atoms with Crippen molar-refractivity contribution in [3.63, 3.8) is 0 Å². The number of pyridine rings is 1. The van der Waals surface area contributed by atoms with E-state index in [4.69, 9.17) is 11.6 Å². The third kappa shape index (κ3) is 3.14. The van der Waals surface area contributed by atoms with Crippen LogP contribution in [0.3, 0.4) is 0 Å². The summed E-state index contributed by atoms with van der Waals surface area (Å²) in [7, 11) is 0. The molecule has 26 heavy (non-hydrogen) atoms. The zero-order chi connectivity index (χ0) is 18.1. The van der Waals surface area contributed by atoms with Crippen LogP contribution in [0.4, 0.5) is 15.8 Å². The quantitative estimate of drug-likeness (QED) is 0.537. The topological polar surface area (TPSA) is 70.9 Å². The van der Waals surface area contributed by atoms with Gasteiger partial charge in [-0.2, -0.15) is 10.2 Å². The molecule has 0 radical (unpaired) electrons. The number of rotatable bonds is 3. The number of phenols is 1. The van der Waals surface area contributed by atoms with Gasteiger partial charge in [0.2, 0.25) is 0 Å². The molecule has 0 bridgehead atoms. The van der Waals surface area contributed by atoms with Crippen molar-refractivity contribution in [1.29, 1.82) is 0 Å². The van der Waals surface area contributed by atoms with Gasteiger partial charge in [0, 0.05) is 33.9 Å². The van der Waals surface area contributed by atoms with Gasteiger partial charge >= 0.3 is 0 Å². The number of aromatic nitrogens is 3. The molecule has 4 rings (SSSR count). The van der Waals surface area contributed by atoms with E-state index in [1.807, 2.05) is 0 Å². The lowest BCUT2D eigenvalue weighted by Crippen LogP contribution is -1.97. The highest BCUT2D eigenvalue weighted by molar-refractivity contribution is 6.30. The van der Waals surface area contributed by atoms with Crippen LogP contribution < -0.4 is 5.32 Å². The predicted octanol–water partition coefficient (Wildman–Crippen LogP) is 4.93. The lowest BCUT2D eigenvalue weighted by atomic mass is 10.1. The molecule has 0 atom stereocenters. The van der Waals surface area contributed by atoms with E-state index in [9.17, 15) is 9.50 Å². The Morgan fingerprint density at radius 1 is 1.04 bits per heavy atom. The summed E-state index contributed by atoms with van der Waals surface area (Å²) in [5.41, 5.74) is 2.71. The monoisotopic (exact) mass is 366 g/mol. The van der Waals surface area contributed by atoms with Crippen molar-refractivity contribution in [3.8, 4) is 17.0 Å². The molecule has 0 saturated carbocycles. The summed E-state index contributed by atoms with van der Waals surface area (Å²) in [6.45, 7) is 0. The zero-order valence-corrected chi connectivity index (χ0v) is 14.1. The Hall–Kier alpha value is -3.25. The van der Waals surface area contributed by atoms with Crippen molar-refractivity contribution in [2.45, 2.75) is 0 Å². The molecule has 2 aromatic heterocycles. The van der Waals surface area contributed by atoms with Crippen molar-refractivity contribution in [2.24, 2.45) is 0 Å². The van der Waals surface area contributed by atoms with E-state index in [0.717, 1.165) is 11.1 Å². The maximum absolute atomic E-state index is 14.1. The van der Waals surface area contributed by atoms with Crippen molar-refractivity contribution in [2.75, 3.05) is 5.32 Å². The first-order valence-corrected chi connectivity index (χ1v) is 8.11. The maximum Gasteiger partial charge on any atom is 0.132 e. The van der Waals surface area contributed by atoms with Crippen molar-refractivity contribution < 1.29 is 9.50 Å². The van der Waals surface area contributed by atoms with E-state index in [0.29, 0.717) is 21.9 Å². The molecule has 2 N–H and O–H groups in total. The third-order valence-electron chi connectivity index (χ3n) is 3.86. The van der Waals surface area contributed by atoms with E-state index in [1.165, 1.54) is 18.2 Å². The summed E-state index contributed by atoms with van der Waals surface area (Å²) in [6, 6.07) is 12.7. The van der Waals surface area contributed by atoms with Gasteiger partial charge in [-0.3, -0.25) is 4.98 Å². The molecule has 2 aromatic carbocycles. The maximum atomic E-state index is 14.1. The molecule has 0 aliphatic rings. The Labute approximate surface area is 153 Å². The fraction of sp³-hybridized carbons (Fsp3) is 0. The summed E-state index contributed by atoms with van der Waals surface area (Å²) in [4.78, 5) is 4.24. The molecule has 2 heterocycles. The summed E-state index contributed by atoms with van der Waals surface area (Å²) in [5, 5.41) is 22.0. The number of hydrogen-bond acceptors (Lipinski definition) is 5. The minimum atomic E-state index is -0.425. The van der Waals surface area contributed by atoms with Gasteiger partial charge in [0.1, 0.15) is 11.6 Å². The normalized spacial score (nSPS) is 10.8. The number of hydrogen-bond donors (Lipinski definition) is 2. The minimum Gasteiger partial charge on any atom is -0.508 e. The molecule has 0 amide bonds. The molecular formula is C19H12ClFN4O. The number of halogens is 2. The van der Waals surface area contributed by atoms with Crippen LogP contribution >= 0.6 is 11.6 Å². The molecule has 0 saturated heterocycles. The molecular weight excluding hydrogens is 355 g/mol. The Morgan fingerprint density at radius 2 is 1.92 bits per heavy atom. The summed E-state index contributed by atoms with van der Waals surface area (Å²) < 4.78 is 14.1. The Balaban J connectivity index is 1.73. The lowest BCUT2D eigenvalue weighted by Gasteiger charge is -2.10. The number of nitrogens with zero attached hydrogens (tertiary/aromatic N) is 3. The summed E-state index contributed by atoms with van der Waals surface area (Å²) >= 11 is 5.96. The van der Waals surface area contributed by atoms with E-state index in [1.54, 1.807) is 42.7 Å². The zero-order valence-electron chi connectivity index (χ0n) is 13.3.